The molecule has 0 unspecified atom stereocenters. The Balaban J connectivity index is 1.22. The second kappa shape index (κ2) is 13.4. The summed E-state index contributed by atoms with van der Waals surface area (Å²) < 4.78 is 0. The van der Waals surface area contributed by atoms with E-state index in [0.29, 0.717) is 0 Å². The SMILES string of the molecule is C/C=C\C=C/CN(c1ccc(-c2ccc(N(c3ccccc3)c3cccc4ccccc34)cc2)cc1)c1cccc2ccccc12. The molecule has 0 bridgehead atoms. The van der Waals surface area contributed by atoms with Gasteiger partial charge in [-0.1, -0.05) is 140 Å². The first-order valence-corrected chi connectivity index (χ1v) is 15.9. The number of hydrogen-bond acceptors (Lipinski definition) is 2. The normalized spacial score (nSPS) is 11.5. The number of rotatable bonds is 9. The zero-order chi connectivity index (χ0) is 31.1. The Morgan fingerprint density at radius 1 is 0.435 bits per heavy atom. The quantitative estimate of drug-likeness (QED) is 0.154. The Morgan fingerprint density at radius 3 is 1.57 bits per heavy atom. The van der Waals surface area contributed by atoms with Crippen molar-refractivity contribution in [3.63, 3.8) is 0 Å². The number of allylic oxidation sites excluding steroid dienone is 3. The Hall–Kier alpha value is -5.86. The summed E-state index contributed by atoms with van der Waals surface area (Å²) in [6.07, 6.45) is 8.46. The second-order valence-electron chi connectivity index (χ2n) is 11.3. The first-order chi connectivity index (χ1) is 22.8. The lowest BCUT2D eigenvalue weighted by atomic mass is 10.0. The van der Waals surface area contributed by atoms with Crippen molar-refractivity contribution in [2.24, 2.45) is 0 Å². The highest BCUT2D eigenvalue weighted by molar-refractivity contribution is 5.99. The van der Waals surface area contributed by atoms with Crippen LogP contribution in [0.2, 0.25) is 0 Å². The molecule has 0 spiro atoms. The van der Waals surface area contributed by atoms with Gasteiger partial charge in [0.1, 0.15) is 0 Å². The lowest BCUT2D eigenvalue weighted by Gasteiger charge is -2.27. The fourth-order valence-corrected chi connectivity index (χ4v) is 6.19. The first kappa shape index (κ1) is 28.9. The van der Waals surface area contributed by atoms with E-state index in [1.54, 1.807) is 0 Å². The van der Waals surface area contributed by atoms with Crippen molar-refractivity contribution in [1.82, 2.24) is 0 Å². The Bertz CT molecular complexity index is 2110. The highest BCUT2D eigenvalue weighted by Gasteiger charge is 2.16. The van der Waals surface area contributed by atoms with Crippen LogP contribution in [0.1, 0.15) is 6.92 Å². The number of fused-ring (bicyclic) bond motifs is 2. The van der Waals surface area contributed by atoms with E-state index in [2.05, 4.69) is 198 Å². The third-order valence-corrected chi connectivity index (χ3v) is 8.44. The van der Waals surface area contributed by atoms with Crippen molar-refractivity contribution >= 4 is 50.0 Å². The predicted octanol–water partition coefficient (Wildman–Crippen LogP) is 12.4. The number of hydrogen-bond donors (Lipinski definition) is 0. The van der Waals surface area contributed by atoms with E-state index < -0.39 is 0 Å². The molecule has 2 heteroatoms. The summed E-state index contributed by atoms with van der Waals surface area (Å²) in [5.41, 5.74) is 8.16. The zero-order valence-electron chi connectivity index (χ0n) is 26.0. The maximum absolute atomic E-state index is 2.39. The topological polar surface area (TPSA) is 6.48 Å². The molecule has 0 aliphatic heterocycles. The van der Waals surface area contributed by atoms with Gasteiger partial charge in [-0.25, -0.2) is 0 Å². The maximum Gasteiger partial charge on any atom is 0.0540 e. The summed E-state index contributed by atoms with van der Waals surface area (Å²) in [6.45, 7) is 2.82. The minimum absolute atomic E-state index is 0.774. The van der Waals surface area contributed by atoms with E-state index in [1.165, 1.54) is 44.0 Å². The molecule has 0 aliphatic rings. The van der Waals surface area contributed by atoms with Crippen LogP contribution in [-0.2, 0) is 0 Å². The van der Waals surface area contributed by atoms with E-state index in [1.807, 2.05) is 6.92 Å². The van der Waals surface area contributed by atoms with E-state index in [9.17, 15) is 0 Å². The van der Waals surface area contributed by atoms with Gasteiger partial charge in [0.05, 0.1) is 5.69 Å². The smallest absolute Gasteiger partial charge is 0.0540 e. The molecule has 0 amide bonds. The van der Waals surface area contributed by atoms with Gasteiger partial charge >= 0.3 is 0 Å². The fraction of sp³-hybridized carbons (Fsp3) is 0.0455. The minimum atomic E-state index is 0.774. The summed E-state index contributed by atoms with van der Waals surface area (Å²) >= 11 is 0. The van der Waals surface area contributed by atoms with Gasteiger partial charge in [-0.3, -0.25) is 0 Å². The summed E-state index contributed by atoms with van der Waals surface area (Å²) in [7, 11) is 0. The molecule has 0 atom stereocenters. The standard InChI is InChI=1S/C44H36N2/c1-2-3-4-12-33-45(43-23-13-17-36-15-8-10-21-41(36)43)38-29-25-34(26-30-38)35-27-31-40(32-28-35)46(39-19-6-5-7-20-39)44-24-14-18-37-16-9-11-22-42(37)44/h2-32H,33H2,1H3/b3-2-,12-4-. The van der Waals surface area contributed by atoms with Gasteiger partial charge in [0.2, 0.25) is 0 Å². The van der Waals surface area contributed by atoms with E-state index in [4.69, 9.17) is 0 Å². The van der Waals surface area contributed by atoms with Crippen molar-refractivity contribution in [3.05, 3.63) is 188 Å². The average molecular weight is 593 g/mol. The van der Waals surface area contributed by atoms with Gasteiger partial charge in [-0.05, 0) is 77.4 Å². The van der Waals surface area contributed by atoms with Gasteiger partial charge in [-0.2, -0.15) is 0 Å². The van der Waals surface area contributed by atoms with Gasteiger partial charge in [-0.15, -0.1) is 0 Å². The van der Waals surface area contributed by atoms with Gasteiger partial charge in [0.25, 0.3) is 0 Å². The summed E-state index contributed by atoms with van der Waals surface area (Å²) in [6, 6.07) is 58.7. The number of anilines is 5. The molecule has 0 aromatic heterocycles. The van der Waals surface area contributed by atoms with Crippen molar-refractivity contribution in [1.29, 1.82) is 0 Å². The second-order valence-corrected chi connectivity index (χ2v) is 11.3. The van der Waals surface area contributed by atoms with Crippen LogP contribution >= 0.6 is 0 Å². The summed E-state index contributed by atoms with van der Waals surface area (Å²) in [5, 5.41) is 4.95. The van der Waals surface area contributed by atoms with Crippen LogP contribution in [0.4, 0.5) is 28.4 Å². The number of benzene rings is 7. The summed E-state index contributed by atoms with van der Waals surface area (Å²) in [5.74, 6) is 0. The molecule has 0 fully saturated rings. The van der Waals surface area contributed by atoms with Crippen molar-refractivity contribution < 1.29 is 0 Å². The third kappa shape index (κ3) is 5.94. The van der Waals surface area contributed by atoms with Crippen LogP contribution in [0, 0.1) is 0 Å². The average Bonchev–Trinajstić information content (AvgIpc) is 3.13. The fourth-order valence-electron chi connectivity index (χ4n) is 6.19. The van der Waals surface area contributed by atoms with Crippen LogP contribution in [0.3, 0.4) is 0 Å². The van der Waals surface area contributed by atoms with Crippen LogP contribution in [0.15, 0.2) is 188 Å². The lowest BCUT2D eigenvalue weighted by Crippen LogP contribution is -2.17. The molecular formula is C44H36N2. The van der Waals surface area contributed by atoms with Crippen molar-refractivity contribution in [2.75, 3.05) is 16.3 Å². The van der Waals surface area contributed by atoms with Crippen molar-refractivity contribution in [3.8, 4) is 11.1 Å². The molecule has 0 aliphatic carbocycles. The maximum atomic E-state index is 2.39. The number of para-hydroxylation sites is 1. The number of nitrogens with zero attached hydrogens (tertiary/aromatic N) is 2. The zero-order valence-corrected chi connectivity index (χ0v) is 26.0. The lowest BCUT2D eigenvalue weighted by molar-refractivity contribution is 1.10. The van der Waals surface area contributed by atoms with Gasteiger partial charge in [0, 0.05) is 40.1 Å². The van der Waals surface area contributed by atoms with E-state index in [-0.39, 0.29) is 0 Å². The minimum Gasteiger partial charge on any atom is -0.337 e. The molecule has 7 aromatic carbocycles. The monoisotopic (exact) mass is 592 g/mol. The van der Waals surface area contributed by atoms with E-state index in [0.717, 1.165) is 23.6 Å². The molecule has 0 saturated carbocycles. The predicted molar refractivity (Wildman–Crippen MR) is 199 cm³/mol. The molecule has 46 heavy (non-hydrogen) atoms. The summed E-state index contributed by atoms with van der Waals surface area (Å²) in [4.78, 5) is 4.73. The van der Waals surface area contributed by atoms with Gasteiger partial charge < -0.3 is 9.80 Å². The Kier molecular flexibility index (Phi) is 8.43. The van der Waals surface area contributed by atoms with Crippen LogP contribution in [0.25, 0.3) is 32.7 Å². The molecule has 2 nitrogen and oxygen atoms in total. The van der Waals surface area contributed by atoms with E-state index >= 15 is 0 Å². The molecule has 7 rings (SSSR count). The van der Waals surface area contributed by atoms with Gasteiger partial charge in [0.15, 0.2) is 0 Å². The Morgan fingerprint density at radius 2 is 0.935 bits per heavy atom. The van der Waals surface area contributed by atoms with Crippen LogP contribution in [0.5, 0.6) is 0 Å². The highest BCUT2D eigenvalue weighted by atomic mass is 15.1. The largest absolute Gasteiger partial charge is 0.337 e. The first-order valence-electron chi connectivity index (χ1n) is 15.9. The highest BCUT2D eigenvalue weighted by Crippen LogP contribution is 2.40. The molecule has 7 aromatic rings. The van der Waals surface area contributed by atoms with Crippen LogP contribution in [-0.4, -0.2) is 6.54 Å². The van der Waals surface area contributed by atoms with Crippen LogP contribution < -0.4 is 9.80 Å². The molecular weight excluding hydrogens is 556 g/mol. The molecule has 0 saturated heterocycles. The molecule has 0 N–H and O–H groups in total. The molecule has 0 radical (unpaired) electrons. The molecule has 0 heterocycles. The molecule has 222 valence electrons. The third-order valence-electron chi connectivity index (χ3n) is 8.44. The van der Waals surface area contributed by atoms with Crippen molar-refractivity contribution in [2.45, 2.75) is 6.92 Å². The Labute approximate surface area is 271 Å².